The number of hydrogen-bond donors (Lipinski definition) is 1. The highest BCUT2D eigenvalue weighted by molar-refractivity contribution is 5.92. The topological polar surface area (TPSA) is 73.9 Å². The van der Waals surface area contributed by atoms with Crippen molar-refractivity contribution < 1.29 is 23.8 Å². The van der Waals surface area contributed by atoms with Crippen molar-refractivity contribution >= 4 is 11.9 Å². The van der Waals surface area contributed by atoms with Crippen LogP contribution in [0.2, 0.25) is 0 Å². The molecule has 0 spiro atoms. The Labute approximate surface area is 146 Å². The number of aryl methyl sites for hydroxylation is 1. The minimum Gasteiger partial charge on any atom is -0.493 e. The Morgan fingerprint density at radius 2 is 1.64 bits per heavy atom. The summed E-state index contributed by atoms with van der Waals surface area (Å²) in [6, 6.07) is 12.5. The van der Waals surface area contributed by atoms with Crippen molar-refractivity contribution in [3.63, 3.8) is 0 Å². The van der Waals surface area contributed by atoms with Gasteiger partial charge < -0.3 is 19.5 Å². The monoisotopic (exact) mass is 343 g/mol. The molecule has 2 aromatic carbocycles. The second-order valence-corrected chi connectivity index (χ2v) is 5.41. The first-order valence-corrected chi connectivity index (χ1v) is 7.75. The molecule has 1 amide bonds. The lowest BCUT2D eigenvalue weighted by atomic mass is 10.1. The van der Waals surface area contributed by atoms with Gasteiger partial charge in [0.25, 0.3) is 5.91 Å². The Morgan fingerprint density at radius 1 is 0.960 bits per heavy atom. The van der Waals surface area contributed by atoms with Gasteiger partial charge in [0, 0.05) is 6.54 Å². The molecule has 0 aliphatic heterocycles. The average molecular weight is 343 g/mol. The zero-order chi connectivity index (χ0) is 18.2. The summed E-state index contributed by atoms with van der Waals surface area (Å²) in [6.45, 7) is 2.03. The zero-order valence-corrected chi connectivity index (χ0v) is 14.5. The maximum absolute atomic E-state index is 12.0. The highest BCUT2D eigenvalue weighted by atomic mass is 16.5. The molecule has 6 nitrogen and oxygen atoms in total. The molecule has 0 aromatic heterocycles. The van der Waals surface area contributed by atoms with Crippen molar-refractivity contribution in [1.82, 2.24) is 5.32 Å². The molecule has 132 valence electrons. The van der Waals surface area contributed by atoms with Gasteiger partial charge >= 0.3 is 5.97 Å². The van der Waals surface area contributed by atoms with E-state index in [9.17, 15) is 9.59 Å². The van der Waals surface area contributed by atoms with Gasteiger partial charge in [-0.3, -0.25) is 4.79 Å². The van der Waals surface area contributed by atoms with E-state index >= 15 is 0 Å². The lowest BCUT2D eigenvalue weighted by molar-refractivity contribution is -0.124. The van der Waals surface area contributed by atoms with E-state index in [0.29, 0.717) is 18.0 Å². The van der Waals surface area contributed by atoms with Crippen molar-refractivity contribution in [2.45, 2.75) is 13.5 Å². The third kappa shape index (κ3) is 5.24. The highest BCUT2D eigenvalue weighted by Crippen LogP contribution is 2.27. The molecule has 25 heavy (non-hydrogen) atoms. The Kier molecular flexibility index (Phi) is 6.39. The first-order chi connectivity index (χ1) is 12.0. The quantitative estimate of drug-likeness (QED) is 0.782. The van der Waals surface area contributed by atoms with Crippen molar-refractivity contribution in [3.8, 4) is 11.5 Å². The van der Waals surface area contributed by atoms with Crippen LogP contribution in [-0.2, 0) is 16.1 Å². The fourth-order valence-electron chi connectivity index (χ4n) is 2.14. The fourth-order valence-corrected chi connectivity index (χ4v) is 2.14. The number of carbonyl (C=O) groups is 2. The smallest absolute Gasteiger partial charge is 0.338 e. The molecule has 6 heteroatoms. The summed E-state index contributed by atoms with van der Waals surface area (Å²) >= 11 is 0. The number of hydrogen-bond acceptors (Lipinski definition) is 5. The van der Waals surface area contributed by atoms with Crippen molar-refractivity contribution in [2.24, 2.45) is 0 Å². The maximum atomic E-state index is 12.0. The van der Waals surface area contributed by atoms with Crippen molar-refractivity contribution in [2.75, 3.05) is 20.8 Å². The first kappa shape index (κ1) is 18.3. The van der Waals surface area contributed by atoms with E-state index in [2.05, 4.69) is 5.32 Å². The summed E-state index contributed by atoms with van der Waals surface area (Å²) in [4.78, 5) is 23.8. The molecule has 0 unspecified atom stereocenters. The molecule has 0 saturated heterocycles. The SMILES string of the molecule is COc1ccc(C(=O)OCC(=O)NCc2ccc(C)cc2)cc1OC. The molecule has 0 aliphatic carbocycles. The van der Waals surface area contributed by atoms with E-state index in [-0.39, 0.29) is 18.1 Å². The van der Waals surface area contributed by atoms with E-state index in [0.717, 1.165) is 11.1 Å². The van der Waals surface area contributed by atoms with Gasteiger partial charge in [0.05, 0.1) is 19.8 Å². The summed E-state index contributed by atoms with van der Waals surface area (Å²) in [7, 11) is 2.99. The van der Waals surface area contributed by atoms with Gasteiger partial charge in [-0.05, 0) is 30.7 Å². The van der Waals surface area contributed by atoms with Crippen LogP contribution in [0.3, 0.4) is 0 Å². The van der Waals surface area contributed by atoms with Gasteiger partial charge in [-0.1, -0.05) is 29.8 Å². The third-order valence-corrected chi connectivity index (χ3v) is 3.56. The number of nitrogens with one attached hydrogen (secondary N) is 1. The summed E-state index contributed by atoms with van der Waals surface area (Å²) < 4.78 is 15.3. The van der Waals surface area contributed by atoms with Crippen LogP contribution in [0.15, 0.2) is 42.5 Å². The fraction of sp³-hybridized carbons (Fsp3) is 0.263. The predicted octanol–water partition coefficient (Wildman–Crippen LogP) is 2.49. The van der Waals surface area contributed by atoms with Crippen LogP contribution < -0.4 is 14.8 Å². The molecule has 2 aromatic rings. The number of benzene rings is 2. The molecule has 0 saturated carbocycles. The Hall–Kier alpha value is -3.02. The summed E-state index contributed by atoms with van der Waals surface area (Å²) in [5.41, 5.74) is 2.41. The summed E-state index contributed by atoms with van der Waals surface area (Å²) in [5.74, 6) is -0.0449. The molecule has 0 atom stereocenters. The highest BCUT2D eigenvalue weighted by Gasteiger charge is 2.13. The van der Waals surface area contributed by atoms with Gasteiger partial charge in [0.2, 0.25) is 0 Å². The third-order valence-electron chi connectivity index (χ3n) is 3.56. The number of methoxy groups -OCH3 is 2. The number of ether oxygens (including phenoxy) is 3. The molecule has 0 bridgehead atoms. The van der Waals surface area contributed by atoms with Gasteiger partial charge in [0.15, 0.2) is 18.1 Å². The molecule has 1 N–H and O–H groups in total. The van der Waals surface area contributed by atoms with Crippen LogP contribution in [0, 0.1) is 6.92 Å². The first-order valence-electron chi connectivity index (χ1n) is 7.75. The van der Waals surface area contributed by atoms with Crippen molar-refractivity contribution in [1.29, 1.82) is 0 Å². The van der Waals surface area contributed by atoms with Crippen LogP contribution in [0.1, 0.15) is 21.5 Å². The molecule has 0 aliphatic rings. The second kappa shape index (κ2) is 8.73. The Bertz CT molecular complexity index is 740. The minimum absolute atomic E-state index is 0.281. The molecular formula is C19H21NO5. The normalized spacial score (nSPS) is 10.0. The largest absolute Gasteiger partial charge is 0.493 e. The summed E-state index contributed by atoms with van der Waals surface area (Å²) in [6.07, 6.45) is 0. The molecule has 0 radical (unpaired) electrons. The van der Waals surface area contributed by atoms with E-state index in [1.54, 1.807) is 12.1 Å². The van der Waals surface area contributed by atoms with Crippen LogP contribution in [-0.4, -0.2) is 32.7 Å². The van der Waals surface area contributed by atoms with Crippen molar-refractivity contribution in [3.05, 3.63) is 59.2 Å². The number of carbonyl (C=O) groups excluding carboxylic acids is 2. The Morgan fingerprint density at radius 3 is 2.28 bits per heavy atom. The van der Waals surface area contributed by atoms with Crippen LogP contribution in [0.5, 0.6) is 11.5 Å². The second-order valence-electron chi connectivity index (χ2n) is 5.41. The predicted molar refractivity (Wildman–Crippen MR) is 92.9 cm³/mol. The van der Waals surface area contributed by atoms with Crippen LogP contribution in [0.4, 0.5) is 0 Å². The zero-order valence-electron chi connectivity index (χ0n) is 14.5. The lowest BCUT2D eigenvalue weighted by Gasteiger charge is -2.10. The minimum atomic E-state index is -0.605. The number of esters is 1. The molecule has 0 fully saturated rings. The lowest BCUT2D eigenvalue weighted by Crippen LogP contribution is -2.28. The number of rotatable bonds is 7. The molecular weight excluding hydrogens is 322 g/mol. The van der Waals surface area contributed by atoms with E-state index < -0.39 is 5.97 Å². The van der Waals surface area contributed by atoms with Crippen LogP contribution >= 0.6 is 0 Å². The number of amides is 1. The average Bonchev–Trinajstić information content (AvgIpc) is 2.64. The standard InChI is InChI=1S/C19H21NO5/c1-13-4-6-14(7-5-13)11-20-18(21)12-25-19(22)15-8-9-16(23-2)17(10-15)24-3/h4-10H,11-12H2,1-3H3,(H,20,21). The maximum Gasteiger partial charge on any atom is 0.338 e. The molecule has 0 heterocycles. The van der Waals surface area contributed by atoms with Crippen LogP contribution in [0.25, 0.3) is 0 Å². The van der Waals surface area contributed by atoms with Gasteiger partial charge in [0.1, 0.15) is 0 Å². The van der Waals surface area contributed by atoms with Gasteiger partial charge in [-0.2, -0.15) is 0 Å². The van der Waals surface area contributed by atoms with E-state index in [1.807, 2.05) is 31.2 Å². The van der Waals surface area contributed by atoms with E-state index in [4.69, 9.17) is 14.2 Å². The molecule has 2 rings (SSSR count). The van der Waals surface area contributed by atoms with Gasteiger partial charge in [-0.15, -0.1) is 0 Å². The Balaban J connectivity index is 1.84. The van der Waals surface area contributed by atoms with Gasteiger partial charge in [-0.25, -0.2) is 4.79 Å². The summed E-state index contributed by atoms with van der Waals surface area (Å²) in [5, 5.41) is 2.71. The van der Waals surface area contributed by atoms with E-state index in [1.165, 1.54) is 20.3 Å².